The molecular weight excluding hydrogens is 612 g/mol. The fourth-order valence-electron chi connectivity index (χ4n) is 4.06. The number of rotatable bonds is 11. The van der Waals surface area contributed by atoms with E-state index < -0.39 is 122 Å². The minimum absolute atomic E-state index is 0.329. The molecule has 5 atom stereocenters. The molecule has 0 aromatic heterocycles. The number of phenolic OH excluding ortho intramolecular Hbond substituents is 9. The third kappa shape index (κ3) is 5.94. The van der Waals surface area contributed by atoms with Crippen molar-refractivity contribution in [2.24, 2.45) is 0 Å². The summed E-state index contributed by atoms with van der Waals surface area (Å²) in [5.74, 6) is -18.5. The monoisotopic (exact) mass is 636 g/mol. The summed E-state index contributed by atoms with van der Waals surface area (Å²) in [4.78, 5) is 52.4. The Morgan fingerprint density at radius 3 is 1.22 bits per heavy atom. The Labute approximate surface area is 249 Å². The van der Waals surface area contributed by atoms with E-state index >= 15 is 0 Å². The second-order valence-electron chi connectivity index (χ2n) is 9.58. The van der Waals surface area contributed by atoms with Crippen molar-refractivity contribution in [1.29, 1.82) is 0 Å². The lowest BCUT2D eigenvalue weighted by molar-refractivity contribution is -0.162. The zero-order valence-electron chi connectivity index (χ0n) is 22.2. The molecule has 3 rings (SSSR count). The normalized spacial score (nSPS) is 15.3. The molecule has 1 unspecified atom stereocenters. The first kappa shape index (κ1) is 33.8. The highest BCUT2D eigenvalue weighted by Gasteiger charge is 2.57. The third-order valence-corrected chi connectivity index (χ3v) is 6.61. The molecule has 18 nitrogen and oxygen atoms in total. The summed E-state index contributed by atoms with van der Waals surface area (Å²) in [5.41, 5.74) is -7.19. The van der Waals surface area contributed by atoms with Gasteiger partial charge in [-0.2, -0.15) is 0 Å². The van der Waals surface area contributed by atoms with Gasteiger partial charge in [0, 0.05) is 16.7 Å². The number of carbonyl (C=O) groups is 4. The number of Topliss-reactive ketones (excluding diaryl/α,β-unsaturated/α-hetero) is 4. The number of aliphatic hydroxyl groups excluding tert-OH is 4. The van der Waals surface area contributed by atoms with Gasteiger partial charge in [0.2, 0.25) is 23.0 Å². The van der Waals surface area contributed by atoms with E-state index in [1.165, 1.54) is 0 Å². The molecule has 0 aliphatic heterocycles. The molecule has 3 aromatic carbocycles. The fourth-order valence-corrected chi connectivity index (χ4v) is 4.06. The maximum atomic E-state index is 13.4. The first-order valence-electron chi connectivity index (χ1n) is 12.1. The molecule has 0 saturated heterocycles. The molecule has 45 heavy (non-hydrogen) atoms. The quantitative estimate of drug-likeness (QED) is 0.0456. The van der Waals surface area contributed by atoms with Crippen LogP contribution in [-0.4, -0.2) is 125 Å². The van der Waals surface area contributed by atoms with Crippen molar-refractivity contribution in [3.05, 3.63) is 53.1 Å². The molecule has 0 heterocycles. The van der Waals surface area contributed by atoms with Crippen molar-refractivity contribution in [2.45, 2.75) is 30.0 Å². The number of aliphatic hydroxyl groups is 5. The number of hydrogen-bond donors (Lipinski definition) is 14. The van der Waals surface area contributed by atoms with E-state index in [2.05, 4.69) is 0 Å². The van der Waals surface area contributed by atoms with E-state index in [-0.39, 0.29) is 0 Å². The molecule has 0 aliphatic rings. The number of aromatic hydroxyl groups is 9. The van der Waals surface area contributed by atoms with E-state index in [0.717, 1.165) is 0 Å². The van der Waals surface area contributed by atoms with Gasteiger partial charge in [0.25, 0.3) is 0 Å². The standard InChI is InChI=1S/C27H24O18/c28-10-1-7(2-11(29)18(10)36)16(34)21(39)22(40)23(41)26(44)27(45,24(42)9-5-14(32)20(38)15(33)6-9)25(43)17(35)8-3-12(30)19(37)13(31)4-8/h1-6,21-23,26,28-33,36-41,44-45H/t21?,22-,23-,26-,27+/m1/s1. The first-order valence-corrected chi connectivity index (χ1v) is 12.1. The van der Waals surface area contributed by atoms with Gasteiger partial charge in [-0.05, 0) is 36.4 Å². The predicted molar refractivity (Wildman–Crippen MR) is 141 cm³/mol. The van der Waals surface area contributed by atoms with Crippen LogP contribution in [0.15, 0.2) is 36.4 Å². The molecule has 0 bridgehead atoms. The summed E-state index contributed by atoms with van der Waals surface area (Å²) in [5, 5.41) is 140. The molecular formula is C27H24O18. The molecule has 0 fully saturated rings. The number of ketones is 4. The molecule has 18 heteroatoms. The van der Waals surface area contributed by atoms with Gasteiger partial charge in [0.15, 0.2) is 57.5 Å². The van der Waals surface area contributed by atoms with Crippen molar-refractivity contribution >= 4 is 23.1 Å². The van der Waals surface area contributed by atoms with Gasteiger partial charge in [0.05, 0.1) is 0 Å². The Bertz CT molecular complexity index is 1640. The van der Waals surface area contributed by atoms with Crippen molar-refractivity contribution in [3.63, 3.8) is 0 Å². The van der Waals surface area contributed by atoms with E-state index in [1.807, 2.05) is 0 Å². The third-order valence-electron chi connectivity index (χ3n) is 6.61. The lowest BCUT2D eigenvalue weighted by atomic mass is 9.77. The second kappa shape index (κ2) is 12.1. The van der Waals surface area contributed by atoms with Crippen LogP contribution in [0.1, 0.15) is 31.1 Å². The maximum absolute atomic E-state index is 13.4. The van der Waals surface area contributed by atoms with E-state index in [0.29, 0.717) is 36.4 Å². The summed E-state index contributed by atoms with van der Waals surface area (Å²) >= 11 is 0. The van der Waals surface area contributed by atoms with Crippen LogP contribution in [0.4, 0.5) is 0 Å². The minimum Gasteiger partial charge on any atom is -0.504 e. The van der Waals surface area contributed by atoms with Gasteiger partial charge in [-0.3, -0.25) is 19.2 Å². The summed E-state index contributed by atoms with van der Waals surface area (Å²) in [6.07, 6.45) is -12.3. The van der Waals surface area contributed by atoms with Crippen molar-refractivity contribution in [1.82, 2.24) is 0 Å². The van der Waals surface area contributed by atoms with E-state index in [4.69, 9.17) is 0 Å². The largest absolute Gasteiger partial charge is 0.504 e. The Morgan fingerprint density at radius 1 is 0.511 bits per heavy atom. The summed E-state index contributed by atoms with van der Waals surface area (Å²) in [7, 11) is 0. The van der Waals surface area contributed by atoms with Gasteiger partial charge in [-0.15, -0.1) is 0 Å². The number of hydrogen-bond acceptors (Lipinski definition) is 18. The zero-order valence-corrected chi connectivity index (χ0v) is 22.2. The van der Waals surface area contributed by atoms with Gasteiger partial charge >= 0.3 is 0 Å². The van der Waals surface area contributed by atoms with E-state index in [1.54, 1.807) is 0 Å². The molecule has 240 valence electrons. The zero-order chi connectivity index (χ0) is 34.3. The average molecular weight is 636 g/mol. The Morgan fingerprint density at radius 2 is 0.844 bits per heavy atom. The Kier molecular flexibility index (Phi) is 9.13. The highest BCUT2D eigenvalue weighted by Crippen LogP contribution is 2.39. The fraction of sp³-hybridized carbons (Fsp3) is 0.185. The highest BCUT2D eigenvalue weighted by atomic mass is 16.4. The van der Waals surface area contributed by atoms with Crippen LogP contribution in [0.3, 0.4) is 0 Å². The molecule has 0 radical (unpaired) electrons. The van der Waals surface area contributed by atoms with Gasteiger partial charge in [-0.25, -0.2) is 0 Å². The lowest BCUT2D eigenvalue weighted by Crippen LogP contribution is -2.65. The number of benzene rings is 3. The van der Waals surface area contributed by atoms with Crippen molar-refractivity contribution in [3.8, 4) is 51.7 Å². The molecule has 0 amide bonds. The smallest absolute Gasteiger partial charge is 0.245 e. The molecule has 0 spiro atoms. The Hall–Kier alpha value is -5.66. The van der Waals surface area contributed by atoms with Gasteiger partial charge < -0.3 is 71.5 Å². The van der Waals surface area contributed by atoms with E-state index in [9.17, 15) is 90.7 Å². The maximum Gasteiger partial charge on any atom is 0.245 e. The van der Waals surface area contributed by atoms with Crippen LogP contribution >= 0.6 is 0 Å². The van der Waals surface area contributed by atoms with Crippen molar-refractivity contribution in [2.75, 3.05) is 0 Å². The van der Waals surface area contributed by atoms with Gasteiger partial charge in [0.1, 0.15) is 24.4 Å². The van der Waals surface area contributed by atoms with Crippen LogP contribution in [0, 0.1) is 0 Å². The average Bonchev–Trinajstić information content (AvgIpc) is 3.00. The lowest BCUT2D eigenvalue weighted by Gasteiger charge is -2.35. The molecule has 0 aliphatic carbocycles. The van der Waals surface area contributed by atoms with Crippen LogP contribution in [0.25, 0.3) is 0 Å². The summed E-state index contributed by atoms with van der Waals surface area (Å²) < 4.78 is 0. The second-order valence-corrected chi connectivity index (χ2v) is 9.58. The van der Waals surface area contributed by atoms with Crippen LogP contribution in [0.5, 0.6) is 51.7 Å². The van der Waals surface area contributed by atoms with Crippen molar-refractivity contribution < 1.29 is 90.7 Å². The molecule has 0 saturated carbocycles. The number of phenols is 9. The highest BCUT2D eigenvalue weighted by molar-refractivity contribution is 6.51. The van der Waals surface area contributed by atoms with Crippen LogP contribution < -0.4 is 0 Å². The summed E-state index contributed by atoms with van der Waals surface area (Å²) in [6.45, 7) is 0. The topological polar surface area (TPSA) is 352 Å². The van der Waals surface area contributed by atoms with Crippen LogP contribution in [0.2, 0.25) is 0 Å². The Balaban J connectivity index is 2.11. The number of carbonyl (C=O) groups excluding carboxylic acids is 4. The predicted octanol–water partition coefficient (Wildman–Crippen LogP) is -2.27. The minimum atomic E-state index is -4.26. The molecule has 14 N–H and O–H groups in total. The SMILES string of the molecule is O=C(C(=O)[C@@](O)(C(=O)c1cc(O)c(O)c(O)c1)[C@H](O)[C@H](O)[C@H](O)C(O)C(=O)c1cc(O)c(O)c(O)c1)c1cc(O)c(O)c(O)c1. The van der Waals surface area contributed by atoms with Gasteiger partial charge in [-0.1, -0.05) is 0 Å². The van der Waals surface area contributed by atoms with Crippen LogP contribution in [-0.2, 0) is 4.79 Å². The summed E-state index contributed by atoms with van der Waals surface area (Å²) in [6, 6.07) is 2.42. The first-order chi connectivity index (χ1) is 20.7. The molecule has 3 aromatic rings.